The van der Waals surface area contributed by atoms with Gasteiger partial charge in [0.25, 0.3) is 5.89 Å². The molecule has 0 aliphatic rings. The molecular weight excluding hydrogens is 382 g/mol. The fraction of sp³-hybridized carbons (Fsp3) is 0.190. The standard InChI is InChI=1S/C21H19N7O2/c1-12-10-17(21-23-14(3)26-30-21)24-20-19(13(2)25-28(12)20)16-7-6-15(11-18(16)29-4)27-9-5-8-22-27/h5-11H,1-4H3. The van der Waals surface area contributed by atoms with E-state index in [1.807, 2.05) is 54.9 Å². The van der Waals surface area contributed by atoms with E-state index in [4.69, 9.17) is 19.3 Å². The minimum absolute atomic E-state index is 0.379. The van der Waals surface area contributed by atoms with E-state index in [-0.39, 0.29) is 0 Å². The Morgan fingerprint density at radius 1 is 1.07 bits per heavy atom. The summed E-state index contributed by atoms with van der Waals surface area (Å²) in [5.41, 5.74) is 5.74. The number of rotatable bonds is 4. The minimum atomic E-state index is 0.379. The maximum Gasteiger partial charge on any atom is 0.276 e. The highest BCUT2D eigenvalue weighted by Gasteiger charge is 2.21. The Kier molecular flexibility index (Phi) is 4.09. The lowest BCUT2D eigenvalue weighted by molar-refractivity contribution is 0.416. The highest BCUT2D eigenvalue weighted by Crippen LogP contribution is 2.37. The van der Waals surface area contributed by atoms with Crippen molar-refractivity contribution in [2.75, 3.05) is 7.11 Å². The van der Waals surface area contributed by atoms with Gasteiger partial charge in [-0.1, -0.05) is 5.16 Å². The molecule has 0 saturated carbocycles. The van der Waals surface area contributed by atoms with Gasteiger partial charge in [-0.3, -0.25) is 0 Å². The maximum atomic E-state index is 5.71. The van der Waals surface area contributed by atoms with Crippen LogP contribution in [0.5, 0.6) is 5.75 Å². The number of benzene rings is 1. The molecule has 0 saturated heterocycles. The van der Waals surface area contributed by atoms with E-state index in [9.17, 15) is 0 Å². The number of methoxy groups -OCH3 is 1. The predicted octanol–water partition coefficient (Wildman–Crippen LogP) is 3.57. The van der Waals surface area contributed by atoms with Crippen molar-refractivity contribution in [3.8, 4) is 34.1 Å². The third kappa shape index (κ3) is 2.83. The summed E-state index contributed by atoms with van der Waals surface area (Å²) in [5, 5.41) is 12.9. The first-order valence-corrected chi connectivity index (χ1v) is 9.41. The van der Waals surface area contributed by atoms with E-state index in [2.05, 4.69) is 15.2 Å². The highest BCUT2D eigenvalue weighted by molar-refractivity contribution is 5.85. The van der Waals surface area contributed by atoms with Crippen LogP contribution in [0.15, 0.2) is 47.2 Å². The maximum absolute atomic E-state index is 5.71. The minimum Gasteiger partial charge on any atom is -0.496 e. The van der Waals surface area contributed by atoms with E-state index < -0.39 is 0 Å². The SMILES string of the molecule is COc1cc(-n2cccn2)ccc1-c1c(C)nn2c(C)cc(-c3nc(C)no3)nc12. The number of nitrogens with zero attached hydrogens (tertiary/aromatic N) is 7. The zero-order valence-corrected chi connectivity index (χ0v) is 17.0. The second-order valence-electron chi connectivity index (χ2n) is 6.96. The van der Waals surface area contributed by atoms with E-state index >= 15 is 0 Å². The van der Waals surface area contributed by atoms with E-state index in [1.165, 1.54) is 0 Å². The van der Waals surface area contributed by atoms with Gasteiger partial charge in [-0.05, 0) is 45.0 Å². The van der Waals surface area contributed by atoms with Crippen LogP contribution in [0.3, 0.4) is 0 Å². The van der Waals surface area contributed by atoms with Crippen molar-refractivity contribution in [1.29, 1.82) is 0 Å². The third-order valence-electron chi connectivity index (χ3n) is 4.91. The monoisotopic (exact) mass is 401 g/mol. The second kappa shape index (κ2) is 6.80. The molecule has 30 heavy (non-hydrogen) atoms. The van der Waals surface area contributed by atoms with Gasteiger partial charge >= 0.3 is 0 Å². The largest absolute Gasteiger partial charge is 0.496 e. The van der Waals surface area contributed by atoms with Crippen LogP contribution in [0.4, 0.5) is 0 Å². The van der Waals surface area contributed by atoms with Crippen LogP contribution in [0.2, 0.25) is 0 Å². The van der Waals surface area contributed by atoms with Crippen LogP contribution in [0.1, 0.15) is 17.2 Å². The summed E-state index contributed by atoms with van der Waals surface area (Å²) in [6.45, 7) is 5.70. The molecule has 9 heteroatoms. The molecule has 0 N–H and O–H groups in total. The van der Waals surface area contributed by atoms with Crippen molar-refractivity contribution in [2.45, 2.75) is 20.8 Å². The summed E-state index contributed by atoms with van der Waals surface area (Å²) in [5.74, 6) is 1.65. The summed E-state index contributed by atoms with van der Waals surface area (Å²) in [6.07, 6.45) is 3.63. The van der Waals surface area contributed by atoms with Crippen molar-refractivity contribution in [2.24, 2.45) is 0 Å². The molecule has 0 aliphatic heterocycles. The summed E-state index contributed by atoms with van der Waals surface area (Å²) in [6, 6.07) is 9.70. The fourth-order valence-corrected chi connectivity index (χ4v) is 3.55. The molecule has 0 atom stereocenters. The van der Waals surface area contributed by atoms with Gasteiger partial charge in [-0.15, -0.1) is 0 Å². The van der Waals surface area contributed by atoms with Gasteiger partial charge < -0.3 is 9.26 Å². The van der Waals surface area contributed by atoms with Crippen LogP contribution in [0.25, 0.3) is 34.0 Å². The average Bonchev–Trinajstić information content (AvgIpc) is 3.48. The Bertz CT molecular complexity index is 1370. The molecule has 0 amide bonds. The number of ether oxygens (including phenoxy) is 1. The number of fused-ring (bicyclic) bond motifs is 1. The second-order valence-corrected chi connectivity index (χ2v) is 6.96. The normalized spacial score (nSPS) is 11.3. The van der Waals surface area contributed by atoms with Crippen LogP contribution >= 0.6 is 0 Å². The molecule has 4 aromatic heterocycles. The van der Waals surface area contributed by atoms with E-state index in [0.717, 1.165) is 28.2 Å². The Morgan fingerprint density at radius 3 is 2.63 bits per heavy atom. The van der Waals surface area contributed by atoms with Gasteiger partial charge in [0.2, 0.25) is 0 Å². The molecule has 1 aromatic carbocycles. The molecule has 5 aromatic rings. The van der Waals surface area contributed by atoms with Crippen molar-refractivity contribution >= 4 is 5.65 Å². The van der Waals surface area contributed by atoms with Gasteiger partial charge in [0.05, 0.1) is 24.1 Å². The fourth-order valence-electron chi connectivity index (χ4n) is 3.55. The van der Waals surface area contributed by atoms with Gasteiger partial charge in [-0.2, -0.15) is 15.2 Å². The molecule has 0 bridgehead atoms. The molecule has 4 heterocycles. The Balaban J connectivity index is 1.72. The topological polar surface area (TPSA) is 96.2 Å². The van der Waals surface area contributed by atoms with Crippen LogP contribution < -0.4 is 4.74 Å². The number of hydrogen-bond donors (Lipinski definition) is 0. The summed E-state index contributed by atoms with van der Waals surface area (Å²) in [7, 11) is 1.65. The van der Waals surface area contributed by atoms with Crippen molar-refractivity contribution in [1.82, 2.24) is 34.5 Å². The molecule has 0 unspecified atom stereocenters. The molecule has 9 nitrogen and oxygen atoms in total. The lowest BCUT2D eigenvalue weighted by atomic mass is 10.0. The molecule has 150 valence electrons. The van der Waals surface area contributed by atoms with E-state index in [1.54, 1.807) is 24.9 Å². The lowest BCUT2D eigenvalue weighted by Gasteiger charge is -2.11. The van der Waals surface area contributed by atoms with Crippen molar-refractivity contribution < 1.29 is 9.26 Å². The Morgan fingerprint density at radius 2 is 1.93 bits per heavy atom. The average molecular weight is 401 g/mol. The zero-order chi connectivity index (χ0) is 20.8. The van der Waals surface area contributed by atoms with Gasteiger partial charge in [0.1, 0.15) is 11.4 Å². The lowest BCUT2D eigenvalue weighted by Crippen LogP contribution is -1.99. The molecule has 5 rings (SSSR count). The number of aromatic nitrogens is 7. The van der Waals surface area contributed by atoms with Crippen molar-refractivity contribution in [3.63, 3.8) is 0 Å². The smallest absolute Gasteiger partial charge is 0.276 e. The first kappa shape index (κ1) is 18.0. The van der Waals surface area contributed by atoms with E-state index in [0.29, 0.717) is 28.8 Å². The predicted molar refractivity (Wildman–Crippen MR) is 110 cm³/mol. The van der Waals surface area contributed by atoms with Gasteiger partial charge in [0.15, 0.2) is 11.5 Å². The molecule has 0 radical (unpaired) electrons. The van der Waals surface area contributed by atoms with Gasteiger partial charge in [0, 0.05) is 29.7 Å². The van der Waals surface area contributed by atoms with Crippen molar-refractivity contribution in [3.05, 3.63) is 59.9 Å². The number of aryl methyl sites for hydroxylation is 3. The molecule has 0 fully saturated rings. The summed E-state index contributed by atoms with van der Waals surface area (Å²) < 4.78 is 14.6. The van der Waals surface area contributed by atoms with Crippen LogP contribution in [-0.2, 0) is 0 Å². The van der Waals surface area contributed by atoms with Gasteiger partial charge in [-0.25, -0.2) is 14.2 Å². The summed E-state index contributed by atoms with van der Waals surface area (Å²) in [4.78, 5) is 9.10. The molecule has 0 spiro atoms. The third-order valence-corrected chi connectivity index (χ3v) is 4.91. The molecule has 0 aliphatic carbocycles. The van der Waals surface area contributed by atoms with Crippen LogP contribution in [-0.4, -0.2) is 41.6 Å². The quantitative estimate of drug-likeness (QED) is 0.454. The Labute approximate surface area is 171 Å². The summed E-state index contributed by atoms with van der Waals surface area (Å²) >= 11 is 0. The zero-order valence-electron chi connectivity index (χ0n) is 17.0. The first-order chi connectivity index (χ1) is 14.5. The highest BCUT2D eigenvalue weighted by atomic mass is 16.5. The first-order valence-electron chi connectivity index (χ1n) is 9.41. The molecular formula is C21H19N7O2. The van der Waals surface area contributed by atoms with Crippen LogP contribution in [0, 0.1) is 20.8 Å². The number of hydrogen-bond acceptors (Lipinski definition) is 7. The Hall–Kier alpha value is -4.01.